The Hall–Kier alpha value is -2.24. The third kappa shape index (κ3) is 7.44. The molecule has 0 aliphatic carbocycles. The number of carbonyl (C=O) groups excluding carboxylic acids is 2. The molecular weight excluding hydrogens is 435 g/mol. The van der Waals surface area contributed by atoms with E-state index in [2.05, 4.69) is 12.2 Å². The zero-order chi connectivity index (χ0) is 23.0. The van der Waals surface area contributed by atoms with E-state index in [4.69, 9.17) is 27.9 Å². The fraction of sp³-hybridized carbons (Fsp3) is 0.417. The molecule has 168 valence electrons. The van der Waals surface area contributed by atoms with Gasteiger partial charge in [0.1, 0.15) is 11.8 Å². The van der Waals surface area contributed by atoms with Crippen LogP contribution >= 0.6 is 23.2 Å². The van der Waals surface area contributed by atoms with Gasteiger partial charge >= 0.3 is 0 Å². The summed E-state index contributed by atoms with van der Waals surface area (Å²) >= 11 is 12.6. The first-order chi connectivity index (χ1) is 14.7. The predicted molar refractivity (Wildman–Crippen MR) is 126 cm³/mol. The molecule has 0 aliphatic heterocycles. The molecule has 1 N–H and O–H groups in total. The molecule has 2 rings (SSSR count). The molecule has 5 nitrogen and oxygen atoms in total. The fourth-order valence-electron chi connectivity index (χ4n) is 2.94. The van der Waals surface area contributed by atoms with Crippen molar-refractivity contribution in [3.8, 4) is 5.75 Å². The Balaban J connectivity index is 2.18. The smallest absolute Gasteiger partial charge is 0.261 e. The molecule has 0 unspecified atom stereocenters. The van der Waals surface area contributed by atoms with Gasteiger partial charge in [0.05, 0.1) is 0 Å². The topological polar surface area (TPSA) is 58.6 Å². The highest BCUT2D eigenvalue weighted by atomic mass is 35.5. The van der Waals surface area contributed by atoms with Gasteiger partial charge in [-0.05, 0) is 49.1 Å². The van der Waals surface area contributed by atoms with Crippen molar-refractivity contribution in [2.75, 3.05) is 13.2 Å². The van der Waals surface area contributed by atoms with E-state index in [1.165, 1.54) is 10.5 Å². The minimum Gasteiger partial charge on any atom is -0.484 e. The lowest BCUT2D eigenvalue weighted by atomic mass is 10.1. The molecule has 1 atom stereocenters. The van der Waals surface area contributed by atoms with Gasteiger partial charge < -0.3 is 15.0 Å². The lowest BCUT2D eigenvalue weighted by Gasteiger charge is -2.29. The minimum atomic E-state index is -0.718. The molecule has 2 aromatic rings. The normalized spacial score (nSPS) is 11.8. The molecule has 0 heterocycles. The van der Waals surface area contributed by atoms with Crippen molar-refractivity contribution in [3.63, 3.8) is 0 Å². The van der Waals surface area contributed by atoms with Crippen LogP contribution in [0.1, 0.15) is 38.8 Å². The van der Waals surface area contributed by atoms with Crippen molar-refractivity contribution in [1.29, 1.82) is 0 Å². The van der Waals surface area contributed by atoms with E-state index >= 15 is 0 Å². The number of nitrogens with one attached hydrogen (secondary N) is 1. The van der Waals surface area contributed by atoms with Crippen LogP contribution < -0.4 is 10.1 Å². The monoisotopic (exact) mass is 464 g/mol. The second-order valence-corrected chi connectivity index (χ2v) is 8.64. The molecule has 0 spiro atoms. The van der Waals surface area contributed by atoms with Gasteiger partial charge in [-0.1, -0.05) is 62.2 Å². The third-order valence-corrected chi connectivity index (χ3v) is 5.64. The van der Waals surface area contributed by atoms with E-state index in [1.54, 1.807) is 25.1 Å². The van der Waals surface area contributed by atoms with E-state index in [9.17, 15) is 9.59 Å². The lowest BCUT2D eigenvalue weighted by Crippen LogP contribution is -2.49. The largest absolute Gasteiger partial charge is 0.484 e. The molecule has 0 radical (unpaired) electrons. The second kappa shape index (κ2) is 12.0. The van der Waals surface area contributed by atoms with Gasteiger partial charge in [0.25, 0.3) is 5.91 Å². The molecule has 0 saturated carbocycles. The first-order valence-corrected chi connectivity index (χ1v) is 11.2. The highest BCUT2D eigenvalue weighted by Crippen LogP contribution is 2.26. The first kappa shape index (κ1) is 25.0. The SMILES string of the molecule is CCc1ccc(OCC(=O)N(Cc2c(Cl)cccc2Cl)[C@@H](C)C(=O)NCC(C)C)cc1. The van der Waals surface area contributed by atoms with Gasteiger partial charge in [0.15, 0.2) is 6.61 Å². The fourth-order valence-corrected chi connectivity index (χ4v) is 3.46. The third-order valence-electron chi connectivity index (χ3n) is 4.94. The first-order valence-electron chi connectivity index (χ1n) is 10.4. The molecule has 31 heavy (non-hydrogen) atoms. The number of carbonyl (C=O) groups is 2. The molecule has 0 bridgehead atoms. The van der Waals surface area contributed by atoms with Gasteiger partial charge in [-0.3, -0.25) is 9.59 Å². The summed E-state index contributed by atoms with van der Waals surface area (Å²) in [5.74, 6) is 0.325. The summed E-state index contributed by atoms with van der Waals surface area (Å²) in [6.07, 6.45) is 0.925. The van der Waals surface area contributed by atoms with Crippen LogP contribution in [-0.4, -0.2) is 35.9 Å². The van der Waals surface area contributed by atoms with Crippen LogP contribution in [0.3, 0.4) is 0 Å². The van der Waals surface area contributed by atoms with Crippen molar-refractivity contribution in [2.45, 2.75) is 46.7 Å². The minimum absolute atomic E-state index is 0.103. The molecular formula is C24H30Cl2N2O3. The average Bonchev–Trinajstić information content (AvgIpc) is 2.75. The van der Waals surface area contributed by atoms with Gasteiger partial charge in [-0.15, -0.1) is 0 Å². The predicted octanol–water partition coefficient (Wildman–Crippen LogP) is 5.12. The number of halogens is 2. The Morgan fingerprint density at radius 2 is 1.65 bits per heavy atom. The van der Waals surface area contributed by atoms with Crippen LogP contribution in [0.25, 0.3) is 0 Å². The molecule has 2 amide bonds. The Kier molecular flexibility index (Phi) is 9.66. The maximum Gasteiger partial charge on any atom is 0.261 e. The lowest BCUT2D eigenvalue weighted by molar-refractivity contribution is -0.142. The maximum absolute atomic E-state index is 13.1. The van der Waals surface area contributed by atoms with E-state index in [-0.39, 0.29) is 25.0 Å². The highest BCUT2D eigenvalue weighted by Gasteiger charge is 2.27. The zero-order valence-electron chi connectivity index (χ0n) is 18.5. The maximum atomic E-state index is 13.1. The summed E-state index contributed by atoms with van der Waals surface area (Å²) in [6, 6.07) is 12.0. The van der Waals surface area contributed by atoms with Crippen molar-refractivity contribution in [1.82, 2.24) is 10.2 Å². The number of amides is 2. The van der Waals surface area contributed by atoms with Crippen molar-refractivity contribution in [2.24, 2.45) is 5.92 Å². The van der Waals surface area contributed by atoms with Gasteiger partial charge in [0, 0.05) is 28.7 Å². The van der Waals surface area contributed by atoms with Crippen molar-refractivity contribution < 1.29 is 14.3 Å². The molecule has 0 saturated heterocycles. The van der Waals surface area contributed by atoms with E-state index in [1.807, 2.05) is 38.1 Å². The Labute approximate surface area is 194 Å². The summed E-state index contributed by atoms with van der Waals surface area (Å²) in [5, 5.41) is 3.76. The van der Waals surface area contributed by atoms with Crippen LogP contribution in [0.4, 0.5) is 0 Å². The Morgan fingerprint density at radius 3 is 2.19 bits per heavy atom. The summed E-state index contributed by atoms with van der Waals surface area (Å²) in [6.45, 7) is 8.21. The zero-order valence-corrected chi connectivity index (χ0v) is 20.0. The molecule has 0 aliphatic rings. The summed E-state index contributed by atoms with van der Waals surface area (Å²) < 4.78 is 5.69. The molecule has 0 fully saturated rings. The Morgan fingerprint density at radius 1 is 1.03 bits per heavy atom. The molecule has 0 aromatic heterocycles. The average molecular weight is 465 g/mol. The van der Waals surface area contributed by atoms with Crippen LogP contribution in [0.15, 0.2) is 42.5 Å². The number of rotatable bonds is 10. The van der Waals surface area contributed by atoms with Crippen molar-refractivity contribution in [3.05, 3.63) is 63.6 Å². The van der Waals surface area contributed by atoms with Gasteiger partial charge in [-0.25, -0.2) is 0 Å². The van der Waals surface area contributed by atoms with Crippen LogP contribution in [0, 0.1) is 5.92 Å². The van der Waals surface area contributed by atoms with Crippen LogP contribution in [0.2, 0.25) is 10.0 Å². The van der Waals surface area contributed by atoms with Crippen LogP contribution in [0.5, 0.6) is 5.75 Å². The number of hydrogen-bond acceptors (Lipinski definition) is 3. The van der Waals surface area contributed by atoms with Gasteiger partial charge in [0.2, 0.25) is 5.91 Å². The van der Waals surface area contributed by atoms with E-state index in [0.29, 0.717) is 33.8 Å². The number of hydrogen-bond donors (Lipinski definition) is 1. The van der Waals surface area contributed by atoms with E-state index < -0.39 is 6.04 Å². The van der Waals surface area contributed by atoms with E-state index in [0.717, 1.165) is 6.42 Å². The molecule has 2 aromatic carbocycles. The molecule has 7 heteroatoms. The van der Waals surface area contributed by atoms with Crippen LogP contribution in [-0.2, 0) is 22.6 Å². The standard InChI is InChI=1S/C24H30Cl2N2O3/c1-5-18-9-11-19(12-10-18)31-15-23(29)28(17(4)24(30)27-13-16(2)3)14-20-21(25)7-6-8-22(20)26/h6-12,16-17H,5,13-15H2,1-4H3,(H,27,30)/t17-/m0/s1. The number of benzene rings is 2. The summed E-state index contributed by atoms with van der Waals surface area (Å²) in [7, 11) is 0. The highest BCUT2D eigenvalue weighted by molar-refractivity contribution is 6.36. The van der Waals surface area contributed by atoms with Crippen molar-refractivity contribution >= 4 is 35.0 Å². The number of nitrogens with zero attached hydrogens (tertiary/aromatic N) is 1. The van der Waals surface area contributed by atoms with Gasteiger partial charge in [-0.2, -0.15) is 0 Å². The Bertz CT molecular complexity index is 865. The number of aryl methyl sites for hydroxylation is 1. The quantitative estimate of drug-likeness (QED) is 0.530. The second-order valence-electron chi connectivity index (χ2n) is 7.82. The number of ether oxygens (including phenoxy) is 1. The summed E-state index contributed by atoms with van der Waals surface area (Å²) in [4.78, 5) is 27.2. The summed E-state index contributed by atoms with van der Waals surface area (Å²) in [5.41, 5.74) is 1.78.